The number of aliphatic imine (C=N–C) groups is 1. The molecule has 1 aliphatic rings. The number of nitrogens with zero attached hydrogens (tertiary/aromatic N) is 4. The molecule has 6 nitrogen and oxygen atoms in total. The van der Waals surface area contributed by atoms with Gasteiger partial charge in [0, 0.05) is 24.1 Å². The summed E-state index contributed by atoms with van der Waals surface area (Å²) in [7, 11) is 0. The number of hydrogen-bond donors (Lipinski definition) is 1. The van der Waals surface area contributed by atoms with Crippen LogP contribution >= 0.6 is 0 Å². The molecular formula is C25H25F4N5O. The van der Waals surface area contributed by atoms with Crippen molar-refractivity contribution < 1.29 is 22.3 Å². The third-order valence-corrected chi connectivity index (χ3v) is 5.63. The average molecular weight is 488 g/mol. The van der Waals surface area contributed by atoms with Crippen molar-refractivity contribution in [1.29, 1.82) is 0 Å². The summed E-state index contributed by atoms with van der Waals surface area (Å²) in [6, 6.07) is 10.5. The molecule has 184 valence electrons. The van der Waals surface area contributed by atoms with E-state index in [9.17, 15) is 17.6 Å². The average Bonchev–Trinajstić information content (AvgIpc) is 2.82. The molecule has 2 aromatic carbocycles. The fraction of sp³-hybridized carbons (Fsp3) is 0.320. The lowest BCUT2D eigenvalue weighted by atomic mass is 10.1. The van der Waals surface area contributed by atoms with Crippen LogP contribution in [0.2, 0.25) is 0 Å². The van der Waals surface area contributed by atoms with Gasteiger partial charge in [0.15, 0.2) is 17.5 Å². The molecule has 1 aliphatic heterocycles. The molecule has 4 rings (SSSR count). The highest BCUT2D eigenvalue weighted by atomic mass is 19.4. The molecule has 0 amide bonds. The normalized spacial score (nSPS) is 16.6. The number of halogens is 4. The standard InChI is InChI=1S/C25H25F4N5O/c1-16-10-21(32-20-5-3-4-19(11-20)25(27,28)29)7-6-18(16)12-30-14-23-31-13-22(26)24(33-23)34-8-9-35-15-17(34)2/h3-7,10-13,17,32H,8-9,14-15H2,1-2H3. The van der Waals surface area contributed by atoms with Gasteiger partial charge >= 0.3 is 6.18 Å². The van der Waals surface area contributed by atoms with Crippen LogP contribution in [0.5, 0.6) is 0 Å². The molecule has 1 unspecified atom stereocenters. The van der Waals surface area contributed by atoms with E-state index in [4.69, 9.17) is 4.74 Å². The Hall–Kier alpha value is -3.53. The fourth-order valence-electron chi connectivity index (χ4n) is 3.78. The summed E-state index contributed by atoms with van der Waals surface area (Å²) in [5, 5.41) is 3.00. The first-order chi connectivity index (χ1) is 16.7. The Morgan fingerprint density at radius 3 is 2.74 bits per heavy atom. The number of alkyl halides is 3. The maximum Gasteiger partial charge on any atom is 0.416 e. The van der Waals surface area contributed by atoms with E-state index in [2.05, 4.69) is 20.3 Å². The van der Waals surface area contributed by atoms with Crippen molar-refractivity contribution in [2.24, 2.45) is 4.99 Å². The maximum atomic E-state index is 14.3. The Bertz CT molecular complexity index is 1210. The van der Waals surface area contributed by atoms with E-state index in [1.54, 1.807) is 18.3 Å². The second-order valence-corrected chi connectivity index (χ2v) is 8.32. The van der Waals surface area contributed by atoms with E-state index >= 15 is 0 Å². The summed E-state index contributed by atoms with van der Waals surface area (Å²) in [6.07, 6.45) is -1.56. The molecule has 3 aromatic rings. The van der Waals surface area contributed by atoms with Crippen LogP contribution in [-0.4, -0.2) is 42.0 Å². The number of hydrogen-bond acceptors (Lipinski definition) is 6. The van der Waals surface area contributed by atoms with E-state index in [0.29, 0.717) is 37.0 Å². The summed E-state index contributed by atoms with van der Waals surface area (Å²) in [6.45, 7) is 5.58. The van der Waals surface area contributed by atoms with Crippen molar-refractivity contribution in [3.8, 4) is 0 Å². The summed E-state index contributed by atoms with van der Waals surface area (Å²) in [5.74, 6) is 0.171. The van der Waals surface area contributed by atoms with Crippen LogP contribution < -0.4 is 10.2 Å². The number of anilines is 3. The quantitative estimate of drug-likeness (QED) is 0.366. The number of benzene rings is 2. The van der Waals surface area contributed by atoms with Gasteiger partial charge < -0.3 is 15.0 Å². The molecule has 0 aliphatic carbocycles. The molecule has 35 heavy (non-hydrogen) atoms. The molecule has 10 heteroatoms. The Kier molecular flexibility index (Phi) is 7.30. The summed E-state index contributed by atoms with van der Waals surface area (Å²) in [5.41, 5.74) is 2.01. The van der Waals surface area contributed by atoms with Crippen LogP contribution in [0, 0.1) is 12.7 Å². The number of morpholine rings is 1. The fourth-order valence-corrected chi connectivity index (χ4v) is 3.78. The van der Waals surface area contributed by atoms with Gasteiger partial charge in [-0.15, -0.1) is 0 Å². The van der Waals surface area contributed by atoms with E-state index < -0.39 is 17.6 Å². The first-order valence-electron chi connectivity index (χ1n) is 11.1. The van der Waals surface area contributed by atoms with Gasteiger partial charge in [-0.25, -0.2) is 14.4 Å². The van der Waals surface area contributed by atoms with Gasteiger partial charge in [-0.1, -0.05) is 12.1 Å². The van der Waals surface area contributed by atoms with Crippen molar-refractivity contribution in [1.82, 2.24) is 9.97 Å². The molecule has 0 radical (unpaired) electrons. The monoisotopic (exact) mass is 487 g/mol. The minimum absolute atomic E-state index is 0.00946. The van der Waals surface area contributed by atoms with Crippen LogP contribution in [0.3, 0.4) is 0 Å². The summed E-state index contributed by atoms with van der Waals surface area (Å²) in [4.78, 5) is 14.7. The highest BCUT2D eigenvalue weighted by Gasteiger charge is 2.30. The molecule has 2 heterocycles. The zero-order valence-electron chi connectivity index (χ0n) is 19.3. The Balaban J connectivity index is 1.43. The number of ether oxygens (including phenoxy) is 1. The van der Waals surface area contributed by atoms with Gasteiger partial charge in [-0.2, -0.15) is 13.2 Å². The van der Waals surface area contributed by atoms with Crippen LogP contribution in [0.1, 0.15) is 29.4 Å². The van der Waals surface area contributed by atoms with Gasteiger partial charge in [0.1, 0.15) is 0 Å². The molecule has 1 atom stereocenters. The lowest BCUT2D eigenvalue weighted by Gasteiger charge is -2.34. The summed E-state index contributed by atoms with van der Waals surface area (Å²) < 4.78 is 58.6. The molecule has 1 aromatic heterocycles. The lowest BCUT2D eigenvalue weighted by molar-refractivity contribution is -0.137. The second kappa shape index (κ2) is 10.4. The van der Waals surface area contributed by atoms with Crippen molar-refractivity contribution in [2.75, 3.05) is 30.0 Å². The molecular weight excluding hydrogens is 462 g/mol. The summed E-state index contributed by atoms with van der Waals surface area (Å²) >= 11 is 0. The van der Waals surface area contributed by atoms with E-state index in [-0.39, 0.29) is 18.4 Å². The minimum Gasteiger partial charge on any atom is -0.377 e. The molecule has 1 saturated heterocycles. The van der Waals surface area contributed by atoms with E-state index in [1.165, 1.54) is 6.07 Å². The zero-order valence-corrected chi connectivity index (χ0v) is 19.3. The van der Waals surface area contributed by atoms with Gasteiger partial charge in [0.25, 0.3) is 0 Å². The molecule has 0 spiro atoms. The minimum atomic E-state index is -4.40. The van der Waals surface area contributed by atoms with E-state index in [0.717, 1.165) is 29.5 Å². The van der Waals surface area contributed by atoms with Crippen LogP contribution in [-0.2, 0) is 17.5 Å². The first kappa shape index (κ1) is 24.6. The van der Waals surface area contributed by atoms with Gasteiger partial charge in [-0.05, 0) is 55.3 Å². The molecule has 1 N–H and O–H groups in total. The van der Waals surface area contributed by atoms with Crippen LogP contribution in [0.25, 0.3) is 0 Å². The highest BCUT2D eigenvalue weighted by molar-refractivity contribution is 5.83. The van der Waals surface area contributed by atoms with Crippen molar-refractivity contribution >= 4 is 23.4 Å². The Morgan fingerprint density at radius 2 is 2.00 bits per heavy atom. The third-order valence-electron chi connectivity index (χ3n) is 5.63. The predicted molar refractivity (Wildman–Crippen MR) is 127 cm³/mol. The second-order valence-electron chi connectivity index (χ2n) is 8.32. The zero-order chi connectivity index (χ0) is 25.0. The van der Waals surface area contributed by atoms with Crippen molar-refractivity contribution in [2.45, 2.75) is 32.6 Å². The topological polar surface area (TPSA) is 62.6 Å². The van der Waals surface area contributed by atoms with Gasteiger partial charge in [-0.3, -0.25) is 4.99 Å². The first-order valence-corrected chi connectivity index (χ1v) is 11.1. The number of aryl methyl sites for hydroxylation is 1. The molecule has 0 saturated carbocycles. The highest BCUT2D eigenvalue weighted by Crippen LogP contribution is 2.31. The molecule has 1 fully saturated rings. The Morgan fingerprint density at radius 1 is 1.20 bits per heavy atom. The number of aromatic nitrogens is 2. The predicted octanol–water partition coefficient (Wildman–Crippen LogP) is 5.53. The number of rotatable bonds is 6. The lowest BCUT2D eigenvalue weighted by Crippen LogP contribution is -2.44. The SMILES string of the molecule is Cc1cc(Nc2cccc(C(F)(F)F)c2)ccc1C=NCc1ncc(F)c(N2CCOCC2C)n1. The van der Waals surface area contributed by atoms with Gasteiger partial charge in [0.05, 0.1) is 37.6 Å². The Labute approximate surface area is 200 Å². The smallest absolute Gasteiger partial charge is 0.377 e. The van der Waals surface area contributed by atoms with Gasteiger partial charge in [0.2, 0.25) is 0 Å². The third kappa shape index (κ3) is 6.13. The largest absolute Gasteiger partial charge is 0.416 e. The van der Waals surface area contributed by atoms with Crippen molar-refractivity contribution in [3.63, 3.8) is 0 Å². The van der Waals surface area contributed by atoms with E-state index in [1.807, 2.05) is 30.9 Å². The van der Waals surface area contributed by atoms with Crippen molar-refractivity contribution in [3.05, 3.63) is 77.0 Å². The molecule has 0 bridgehead atoms. The van der Waals surface area contributed by atoms with Crippen LogP contribution in [0.15, 0.2) is 53.7 Å². The van der Waals surface area contributed by atoms with Crippen LogP contribution in [0.4, 0.5) is 34.8 Å². The number of nitrogens with one attached hydrogen (secondary N) is 1. The maximum absolute atomic E-state index is 14.3.